The Kier molecular flexibility index (Phi) is 3.10. The first-order valence-electron chi connectivity index (χ1n) is 8.02. The predicted molar refractivity (Wildman–Crippen MR) is 95.9 cm³/mol. The monoisotopic (exact) mass is 317 g/mol. The van der Waals surface area contributed by atoms with Crippen LogP contribution in [0.4, 0.5) is 5.69 Å². The third kappa shape index (κ3) is 2.07. The minimum atomic E-state index is -0.505. The molecule has 1 aromatic heterocycles. The van der Waals surface area contributed by atoms with Crippen LogP contribution < -0.4 is 4.90 Å². The molecule has 0 aliphatic carbocycles. The Hall–Kier alpha value is -2.88. The van der Waals surface area contributed by atoms with Gasteiger partial charge in [0, 0.05) is 18.3 Å². The first-order chi connectivity index (χ1) is 11.5. The van der Waals surface area contributed by atoms with E-state index in [-0.39, 0.29) is 5.91 Å². The van der Waals surface area contributed by atoms with Crippen molar-refractivity contribution in [2.75, 3.05) is 11.9 Å². The minimum Gasteiger partial charge on any atom is -0.338 e. The molecule has 24 heavy (non-hydrogen) atoms. The van der Waals surface area contributed by atoms with Crippen molar-refractivity contribution < 1.29 is 4.79 Å². The summed E-state index contributed by atoms with van der Waals surface area (Å²) >= 11 is 0. The number of nitrogens with zero attached hydrogens (tertiary/aromatic N) is 2. The molecule has 2 heterocycles. The maximum atomic E-state index is 12.4. The van der Waals surface area contributed by atoms with Crippen molar-refractivity contribution in [3.05, 3.63) is 60.3 Å². The van der Waals surface area contributed by atoms with Crippen LogP contribution in [-0.4, -0.2) is 22.9 Å². The normalized spacial score (nSPS) is 15.6. The maximum Gasteiger partial charge on any atom is 0.236 e. The fourth-order valence-electron chi connectivity index (χ4n) is 3.35. The van der Waals surface area contributed by atoms with E-state index >= 15 is 0 Å². The molecule has 1 N–H and O–H groups in total. The smallest absolute Gasteiger partial charge is 0.236 e. The maximum absolute atomic E-state index is 12.4. The standard InChI is InChI=1S/C20H19N3O/c1-20(2)15-11-14(9-10-17(15)23(3)19(20)24)18-21-12-16(22-18)13-7-5-4-6-8-13/h4-12H,1-3H3,(H,21,22). The highest BCUT2D eigenvalue weighted by Crippen LogP contribution is 2.42. The van der Waals surface area contributed by atoms with Gasteiger partial charge in [0.15, 0.2) is 0 Å². The van der Waals surface area contributed by atoms with Crippen LogP contribution in [0.25, 0.3) is 22.6 Å². The van der Waals surface area contributed by atoms with Gasteiger partial charge in [-0.3, -0.25) is 4.79 Å². The van der Waals surface area contributed by atoms with Crippen molar-refractivity contribution in [3.63, 3.8) is 0 Å². The van der Waals surface area contributed by atoms with Crippen molar-refractivity contribution in [2.24, 2.45) is 0 Å². The molecule has 2 aromatic carbocycles. The Bertz CT molecular complexity index is 925. The van der Waals surface area contributed by atoms with Gasteiger partial charge in [0.2, 0.25) is 5.91 Å². The Labute approximate surface area is 141 Å². The van der Waals surface area contributed by atoms with Crippen LogP contribution in [0.5, 0.6) is 0 Å². The SMILES string of the molecule is CN1C(=O)C(C)(C)c2cc(-c3ncc(-c4ccccc4)[nH]3)ccc21. The largest absolute Gasteiger partial charge is 0.338 e. The van der Waals surface area contributed by atoms with Gasteiger partial charge in [-0.25, -0.2) is 4.98 Å². The van der Waals surface area contributed by atoms with E-state index in [4.69, 9.17) is 0 Å². The van der Waals surface area contributed by atoms with Crippen LogP contribution in [0.3, 0.4) is 0 Å². The summed E-state index contributed by atoms with van der Waals surface area (Å²) in [6.45, 7) is 3.94. The van der Waals surface area contributed by atoms with Crippen molar-refractivity contribution >= 4 is 11.6 Å². The summed E-state index contributed by atoms with van der Waals surface area (Å²) in [5.41, 5.74) is 4.60. The summed E-state index contributed by atoms with van der Waals surface area (Å²) in [4.78, 5) is 22.1. The summed E-state index contributed by atoms with van der Waals surface area (Å²) in [5.74, 6) is 0.938. The molecule has 120 valence electrons. The van der Waals surface area contributed by atoms with Crippen LogP contribution in [0, 0.1) is 0 Å². The van der Waals surface area contributed by atoms with Crippen LogP contribution in [0.2, 0.25) is 0 Å². The number of nitrogens with one attached hydrogen (secondary N) is 1. The van der Waals surface area contributed by atoms with Crippen molar-refractivity contribution in [1.29, 1.82) is 0 Å². The molecule has 1 amide bonds. The first-order valence-corrected chi connectivity index (χ1v) is 8.02. The number of carbonyl (C=O) groups is 1. The van der Waals surface area contributed by atoms with E-state index in [2.05, 4.69) is 28.2 Å². The zero-order valence-corrected chi connectivity index (χ0v) is 14.0. The molecule has 4 nitrogen and oxygen atoms in total. The fraction of sp³-hybridized carbons (Fsp3) is 0.200. The Morgan fingerprint density at radius 3 is 2.54 bits per heavy atom. The molecule has 0 saturated carbocycles. The minimum absolute atomic E-state index is 0.124. The van der Waals surface area contributed by atoms with E-state index in [0.717, 1.165) is 33.9 Å². The highest BCUT2D eigenvalue weighted by Gasteiger charge is 2.42. The van der Waals surface area contributed by atoms with Gasteiger partial charge >= 0.3 is 0 Å². The third-order valence-electron chi connectivity index (χ3n) is 4.80. The second kappa shape index (κ2) is 5.06. The number of fused-ring (bicyclic) bond motifs is 1. The zero-order valence-electron chi connectivity index (χ0n) is 14.0. The zero-order chi connectivity index (χ0) is 16.9. The number of benzene rings is 2. The van der Waals surface area contributed by atoms with E-state index < -0.39 is 5.41 Å². The van der Waals surface area contributed by atoms with Gasteiger partial charge in [-0.15, -0.1) is 0 Å². The summed E-state index contributed by atoms with van der Waals surface area (Å²) in [5, 5.41) is 0. The van der Waals surface area contributed by atoms with Gasteiger partial charge < -0.3 is 9.88 Å². The van der Waals surface area contributed by atoms with Crippen LogP contribution in [0.1, 0.15) is 19.4 Å². The Morgan fingerprint density at radius 1 is 1.04 bits per heavy atom. The number of hydrogen-bond acceptors (Lipinski definition) is 2. The molecule has 3 aromatic rings. The summed E-state index contributed by atoms with van der Waals surface area (Å²) in [6.07, 6.45) is 1.85. The molecule has 0 bridgehead atoms. The van der Waals surface area contributed by atoms with Gasteiger partial charge in [-0.2, -0.15) is 0 Å². The van der Waals surface area contributed by atoms with Crippen LogP contribution >= 0.6 is 0 Å². The molecule has 0 fully saturated rings. The average Bonchev–Trinajstić information content (AvgIpc) is 3.16. The van der Waals surface area contributed by atoms with Gasteiger partial charge in [0.1, 0.15) is 5.82 Å². The summed E-state index contributed by atoms with van der Waals surface area (Å²) in [6, 6.07) is 16.2. The lowest BCUT2D eigenvalue weighted by molar-refractivity contribution is -0.121. The molecule has 0 spiro atoms. The molecule has 0 radical (unpaired) electrons. The Morgan fingerprint density at radius 2 is 1.79 bits per heavy atom. The van der Waals surface area contributed by atoms with Crippen molar-refractivity contribution in [3.8, 4) is 22.6 Å². The Balaban J connectivity index is 1.76. The first kappa shape index (κ1) is 14.7. The highest BCUT2D eigenvalue weighted by molar-refractivity contribution is 6.07. The molecule has 1 aliphatic heterocycles. The molecule has 0 unspecified atom stereocenters. The second-order valence-corrected chi connectivity index (χ2v) is 6.73. The molecule has 1 aliphatic rings. The fourth-order valence-corrected chi connectivity index (χ4v) is 3.35. The van der Waals surface area contributed by atoms with Gasteiger partial charge in [-0.05, 0) is 43.2 Å². The second-order valence-electron chi connectivity index (χ2n) is 6.73. The number of hydrogen-bond donors (Lipinski definition) is 1. The number of likely N-dealkylation sites (N-methyl/N-ethyl adjacent to an activating group) is 1. The predicted octanol–water partition coefficient (Wildman–Crippen LogP) is 4.00. The number of carbonyl (C=O) groups excluding carboxylic acids is 1. The number of rotatable bonds is 2. The number of imidazole rings is 1. The highest BCUT2D eigenvalue weighted by atomic mass is 16.2. The van der Waals surface area contributed by atoms with Crippen molar-refractivity contribution in [1.82, 2.24) is 9.97 Å². The summed E-state index contributed by atoms with van der Waals surface area (Å²) in [7, 11) is 1.83. The summed E-state index contributed by atoms with van der Waals surface area (Å²) < 4.78 is 0. The lowest BCUT2D eigenvalue weighted by Gasteiger charge is -2.16. The quantitative estimate of drug-likeness (QED) is 0.776. The number of aromatic amines is 1. The van der Waals surface area contributed by atoms with E-state index in [1.807, 2.05) is 57.4 Å². The van der Waals surface area contributed by atoms with E-state index in [1.54, 1.807) is 4.90 Å². The van der Waals surface area contributed by atoms with Crippen LogP contribution in [0.15, 0.2) is 54.7 Å². The average molecular weight is 317 g/mol. The molecule has 0 atom stereocenters. The van der Waals surface area contributed by atoms with Gasteiger partial charge in [-0.1, -0.05) is 30.3 Å². The number of H-pyrrole nitrogens is 1. The van der Waals surface area contributed by atoms with E-state index in [9.17, 15) is 4.79 Å². The molecule has 4 rings (SSSR count). The molecular formula is C20H19N3O. The number of anilines is 1. The van der Waals surface area contributed by atoms with Crippen molar-refractivity contribution in [2.45, 2.75) is 19.3 Å². The number of amides is 1. The lowest BCUT2D eigenvalue weighted by Crippen LogP contribution is -2.33. The topological polar surface area (TPSA) is 49.0 Å². The number of aromatic nitrogens is 2. The van der Waals surface area contributed by atoms with Gasteiger partial charge in [0.05, 0.1) is 17.3 Å². The van der Waals surface area contributed by atoms with Crippen LogP contribution in [-0.2, 0) is 10.2 Å². The van der Waals surface area contributed by atoms with E-state index in [0.29, 0.717) is 0 Å². The molecule has 4 heteroatoms. The van der Waals surface area contributed by atoms with E-state index in [1.165, 1.54) is 0 Å². The lowest BCUT2D eigenvalue weighted by atomic mass is 9.85. The third-order valence-corrected chi connectivity index (χ3v) is 4.80. The molecular weight excluding hydrogens is 298 g/mol. The molecule has 0 saturated heterocycles. The van der Waals surface area contributed by atoms with Gasteiger partial charge in [0.25, 0.3) is 0 Å².